The minimum absolute atomic E-state index is 0.514. The lowest BCUT2D eigenvalue weighted by Gasteiger charge is -2.21. The molecule has 2 saturated heterocycles. The van der Waals surface area contributed by atoms with Crippen molar-refractivity contribution < 1.29 is 9.47 Å². The number of rotatable bonds is 3. The molecule has 0 N–H and O–H groups in total. The first kappa shape index (κ1) is 7.53. The topological polar surface area (TPSA) is 25.0 Å². The van der Waals surface area contributed by atoms with E-state index in [0.29, 0.717) is 12.1 Å². The summed E-state index contributed by atoms with van der Waals surface area (Å²) < 4.78 is 10.5. The Hall–Kier alpha value is -0.120. The molecule has 3 nitrogen and oxygen atoms in total. The second-order valence-corrected chi connectivity index (χ2v) is 3.41. The summed E-state index contributed by atoms with van der Waals surface area (Å²) in [7, 11) is 2.15. The molecule has 0 aliphatic carbocycles. The zero-order valence-electron chi connectivity index (χ0n) is 6.95. The van der Waals surface area contributed by atoms with Gasteiger partial charge >= 0.3 is 0 Å². The Kier molecular flexibility index (Phi) is 2.11. The average Bonchev–Trinajstić information content (AvgIpc) is 2.67. The van der Waals surface area contributed by atoms with Crippen molar-refractivity contribution >= 4 is 0 Å². The molecule has 0 aromatic rings. The van der Waals surface area contributed by atoms with Crippen LogP contribution in [-0.2, 0) is 9.47 Å². The standard InChI is InChI=1S/C8H15NO2/c1-9(4-8-6-11-8)7-2-3-10-5-7/h7-8H,2-6H2,1H3. The Bertz CT molecular complexity index is 130. The molecule has 0 aromatic carbocycles. The number of epoxide rings is 1. The lowest BCUT2D eigenvalue weighted by atomic mass is 10.2. The highest BCUT2D eigenvalue weighted by molar-refractivity contribution is 4.79. The first-order chi connectivity index (χ1) is 5.36. The summed E-state index contributed by atoms with van der Waals surface area (Å²) in [4.78, 5) is 2.35. The van der Waals surface area contributed by atoms with E-state index in [1.54, 1.807) is 0 Å². The van der Waals surface area contributed by atoms with Crippen LogP contribution >= 0.6 is 0 Å². The van der Waals surface area contributed by atoms with Crippen LogP contribution in [0.1, 0.15) is 6.42 Å². The van der Waals surface area contributed by atoms with Crippen LogP contribution in [-0.4, -0.2) is 50.5 Å². The fourth-order valence-electron chi connectivity index (χ4n) is 1.51. The van der Waals surface area contributed by atoms with Gasteiger partial charge in [0.2, 0.25) is 0 Å². The van der Waals surface area contributed by atoms with Crippen molar-refractivity contribution in [1.82, 2.24) is 4.90 Å². The van der Waals surface area contributed by atoms with Crippen LogP contribution in [0.15, 0.2) is 0 Å². The lowest BCUT2D eigenvalue weighted by Crippen LogP contribution is -2.34. The van der Waals surface area contributed by atoms with Crippen LogP contribution in [0.5, 0.6) is 0 Å². The summed E-state index contributed by atoms with van der Waals surface area (Å²) in [5.41, 5.74) is 0. The van der Waals surface area contributed by atoms with Crippen molar-refractivity contribution in [2.24, 2.45) is 0 Å². The molecule has 2 heterocycles. The lowest BCUT2D eigenvalue weighted by molar-refractivity contribution is 0.154. The van der Waals surface area contributed by atoms with Gasteiger partial charge in [0.1, 0.15) is 0 Å². The van der Waals surface area contributed by atoms with Crippen molar-refractivity contribution in [3.8, 4) is 0 Å². The molecule has 0 spiro atoms. The first-order valence-corrected chi connectivity index (χ1v) is 4.26. The maximum absolute atomic E-state index is 5.30. The van der Waals surface area contributed by atoms with Gasteiger partial charge in [-0.15, -0.1) is 0 Å². The molecule has 0 aromatic heterocycles. The van der Waals surface area contributed by atoms with Gasteiger partial charge in [0, 0.05) is 19.2 Å². The van der Waals surface area contributed by atoms with E-state index in [4.69, 9.17) is 9.47 Å². The quantitative estimate of drug-likeness (QED) is 0.543. The van der Waals surface area contributed by atoms with Gasteiger partial charge in [0.25, 0.3) is 0 Å². The van der Waals surface area contributed by atoms with E-state index in [-0.39, 0.29) is 0 Å². The van der Waals surface area contributed by atoms with Crippen LogP contribution in [0.2, 0.25) is 0 Å². The highest BCUT2D eigenvalue weighted by Gasteiger charge is 2.28. The van der Waals surface area contributed by atoms with Gasteiger partial charge in [0.05, 0.1) is 19.3 Å². The second-order valence-electron chi connectivity index (χ2n) is 3.41. The highest BCUT2D eigenvalue weighted by Crippen LogP contribution is 2.15. The number of hydrogen-bond acceptors (Lipinski definition) is 3. The molecule has 3 heteroatoms. The Morgan fingerprint density at radius 1 is 1.45 bits per heavy atom. The fourth-order valence-corrected chi connectivity index (χ4v) is 1.51. The monoisotopic (exact) mass is 157 g/mol. The predicted octanol–water partition coefficient (Wildman–Crippen LogP) is 0.106. The van der Waals surface area contributed by atoms with Crippen molar-refractivity contribution in [1.29, 1.82) is 0 Å². The van der Waals surface area contributed by atoms with Crippen molar-refractivity contribution in [3.05, 3.63) is 0 Å². The minimum atomic E-state index is 0.514. The molecule has 0 saturated carbocycles. The van der Waals surface area contributed by atoms with Crippen molar-refractivity contribution in [2.75, 3.05) is 33.4 Å². The summed E-state index contributed by atoms with van der Waals surface area (Å²) in [6, 6.07) is 0.638. The molecular weight excluding hydrogens is 142 g/mol. The Balaban J connectivity index is 1.73. The predicted molar refractivity (Wildman–Crippen MR) is 41.6 cm³/mol. The molecule has 2 aliphatic rings. The van der Waals surface area contributed by atoms with Crippen LogP contribution in [0.25, 0.3) is 0 Å². The van der Waals surface area contributed by atoms with Crippen LogP contribution in [0.4, 0.5) is 0 Å². The number of hydrogen-bond donors (Lipinski definition) is 0. The van der Waals surface area contributed by atoms with Gasteiger partial charge < -0.3 is 9.47 Å². The summed E-state index contributed by atoms with van der Waals surface area (Å²) in [6.45, 7) is 3.87. The number of likely N-dealkylation sites (N-methyl/N-ethyl adjacent to an activating group) is 1. The van der Waals surface area contributed by atoms with Gasteiger partial charge in [-0.25, -0.2) is 0 Å². The van der Waals surface area contributed by atoms with Crippen molar-refractivity contribution in [3.63, 3.8) is 0 Å². The van der Waals surface area contributed by atoms with E-state index in [9.17, 15) is 0 Å². The van der Waals surface area contributed by atoms with Gasteiger partial charge in [-0.2, -0.15) is 0 Å². The normalized spacial score (nSPS) is 36.5. The Morgan fingerprint density at radius 3 is 2.82 bits per heavy atom. The summed E-state index contributed by atoms with van der Waals surface area (Å²) in [6.07, 6.45) is 1.70. The largest absolute Gasteiger partial charge is 0.380 e. The molecule has 0 amide bonds. The SMILES string of the molecule is CN(CC1CO1)C1CCOC1. The second kappa shape index (κ2) is 3.09. The Morgan fingerprint density at radius 2 is 2.27 bits per heavy atom. The molecule has 2 rings (SSSR count). The summed E-state index contributed by atoms with van der Waals surface area (Å²) in [5.74, 6) is 0. The van der Waals surface area contributed by atoms with Crippen LogP contribution in [0.3, 0.4) is 0 Å². The van der Waals surface area contributed by atoms with E-state index < -0.39 is 0 Å². The van der Waals surface area contributed by atoms with E-state index in [1.807, 2.05) is 0 Å². The molecule has 0 bridgehead atoms. The van der Waals surface area contributed by atoms with Crippen molar-refractivity contribution in [2.45, 2.75) is 18.6 Å². The third-order valence-electron chi connectivity index (χ3n) is 2.42. The molecular formula is C8H15NO2. The summed E-state index contributed by atoms with van der Waals surface area (Å²) in [5, 5.41) is 0. The van der Waals surface area contributed by atoms with Crippen LogP contribution < -0.4 is 0 Å². The van der Waals surface area contributed by atoms with Gasteiger partial charge in [-0.3, -0.25) is 4.90 Å². The van der Waals surface area contributed by atoms with Gasteiger partial charge in [0.15, 0.2) is 0 Å². The third kappa shape index (κ3) is 1.92. The average molecular weight is 157 g/mol. The van der Waals surface area contributed by atoms with E-state index in [1.165, 1.54) is 6.42 Å². The van der Waals surface area contributed by atoms with Gasteiger partial charge in [-0.05, 0) is 13.5 Å². The zero-order valence-corrected chi connectivity index (χ0v) is 6.95. The molecule has 11 heavy (non-hydrogen) atoms. The molecule has 2 aliphatic heterocycles. The fraction of sp³-hybridized carbons (Fsp3) is 1.00. The van der Waals surface area contributed by atoms with E-state index in [0.717, 1.165) is 26.4 Å². The van der Waals surface area contributed by atoms with Crippen LogP contribution in [0, 0.1) is 0 Å². The summed E-state index contributed by atoms with van der Waals surface area (Å²) >= 11 is 0. The number of nitrogens with zero attached hydrogens (tertiary/aromatic N) is 1. The minimum Gasteiger partial charge on any atom is -0.380 e. The third-order valence-corrected chi connectivity index (χ3v) is 2.42. The van der Waals surface area contributed by atoms with E-state index in [2.05, 4.69) is 11.9 Å². The maximum atomic E-state index is 5.30. The molecule has 2 fully saturated rings. The smallest absolute Gasteiger partial charge is 0.0936 e. The molecule has 2 unspecified atom stereocenters. The first-order valence-electron chi connectivity index (χ1n) is 4.26. The molecule has 64 valence electrons. The molecule has 2 atom stereocenters. The Labute approximate surface area is 67.3 Å². The van der Waals surface area contributed by atoms with E-state index >= 15 is 0 Å². The zero-order chi connectivity index (χ0) is 7.68. The highest BCUT2D eigenvalue weighted by atomic mass is 16.6. The maximum Gasteiger partial charge on any atom is 0.0936 e. The molecule has 0 radical (unpaired) electrons. The van der Waals surface area contributed by atoms with Gasteiger partial charge in [-0.1, -0.05) is 0 Å². The number of ether oxygens (including phenoxy) is 2.